The van der Waals surface area contributed by atoms with Gasteiger partial charge in [0.1, 0.15) is 0 Å². The fourth-order valence-electron chi connectivity index (χ4n) is 0.391. The van der Waals surface area contributed by atoms with Crippen LogP contribution in [0, 0.1) is 0 Å². The molecule has 9 heavy (non-hydrogen) atoms. The van der Waals surface area contributed by atoms with Crippen molar-refractivity contribution in [2.75, 3.05) is 0 Å². The van der Waals surface area contributed by atoms with E-state index < -0.39 is 5.97 Å². The summed E-state index contributed by atoms with van der Waals surface area (Å²) in [6.07, 6.45) is 2.08. The average molecular weight is 128 g/mol. The first-order valence-corrected chi connectivity index (χ1v) is 2.77. The lowest BCUT2D eigenvalue weighted by Gasteiger charge is -2.00. The Labute approximate surface area is 54.2 Å². The van der Waals surface area contributed by atoms with E-state index in [2.05, 4.69) is 0 Å². The van der Waals surface area contributed by atoms with Crippen LogP contribution in [-0.2, 0) is 4.79 Å². The molecule has 0 aromatic rings. The highest BCUT2D eigenvalue weighted by atomic mass is 16.4. The third kappa shape index (κ3) is 4.87. The largest absolute Gasteiger partial charge is 0.550 e. The molecule has 0 rings (SSSR count). The highest BCUT2D eigenvalue weighted by molar-refractivity contribution is 5.64. The molecule has 0 aliphatic carbocycles. The molecule has 0 aliphatic rings. The second-order valence-electron chi connectivity index (χ2n) is 1.74. The van der Waals surface area contributed by atoms with Gasteiger partial charge in [0, 0.05) is 11.7 Å². The average Bonchev–Trinajstić information content (AvgIpc) is 1.83. The third-order valence-corrected chi connectivity index (χ3v) is 0.989. The Hall–Kier alpha value is -0.990. The van der Waals surface area contributed by atoms with E-state index in [-0.39, 0.29) is 6.42 Å². The predicted molar refractivity (Wildman–Crippen MR) is 32.2 cm³/mol. The zero-order valence-corrected chi connectivity index (χ0v) is 5.39. The van der Waals surface area contributed by atoms with Crippen molar-refractivity contribution >= 4 is 5.97 Å². The second-order valence-corrected chi connectivity index (χ2v) is 1.74. The van der Waals surface area contributed by atoms with Crippen molar-refractivity contribution in [2.24, 2.45) is 5.73 Å². The summed E-state index contributed by atoms with van der Waals surface area (Å²) in [5, 5.41) is 9.83. The number of rotatable bonds is 3. The van der Waals surface area contributed by atoms with Gasteiger partial charge in [-0.2, -0.15) is 0 Å². The van der Waals surface area contributed by atoms with Crippen molar-refractivity contribution in [3.05, 3.63) is 11.8 Å². The van der Waals surface area contributed by atoms with Gasteiger partial charge in [-0.15, -0.1) is 0 Å². The van der Waals surface area contributed by atoms with Gasteiger partial charge < -0.3 is 15.6 Å². The maximum atomic E-state index is 9.83. The minimum atomic E-state index is -1.06. The van der Waals surface area contributed by atoms with E-state index in [9.17, 15) is 9.90 Å². The minimum Gasteiger partial charge on any atom is -0.550 e. The summed E-state index contributed by atoms with van der Waals surface area (Å²) in [7, 11) is 0. The van der Waals surface area contributed by atoms with E-state index in [4.69, 9.17) is 5.73 Å². The van der Waals surface area contributed by atoms with Crippen molar-refractivity contribution in [3.63, 3.8) is 0 Å². The highest BCUT2D eigenvalue weighted by Crippen LogP contribution is 1.94. The zero-order valence-electron chi connectivity index (χ0n) is 5.39. The molecule has 0 bridgehead atoms. The van der Waals surface area contributed by atoms with Crippen molar-refractivity contribution in [1.82, 2.24) is 0 Å². The monoisotopic (exact) mass is 128 g/mol. The van der Waals surface area contributed by atoms with Crippen LogP contribution in [0.25, 0.3) is 0 Å². The van der Waals surface area contributed by atoms with Crippen LogP contribution in [0.2, 0.25) is 0 Å². The van der Waals surface area contributed by atoms with Crippen LogP contribution in [-0.4, -0.2) is 5.97 Å². The van der Waals surface area contributed by atoms with Gasteiger partial charge in [-0.3, -0.25) is 0 Å². The number of carboxylic acid groups (broad SMARTS) is 1. The Kier molecular flexibility index (Phi) is 3.51. The molecule has 0 saturated carbocycles. The Morgan fingerprint density at radius 3 is 2.56 bits per heavy atom. The standard InChI is InChI=1S/C6H11NO2/c1-2-5(7)3-4-6(8)9/h2H,3-4,7H2,1H3,(H,8,9)/p-1/b5-2+. The fraction of sp³-hybridized carbons (Fsp3) is 0.500. The first kappa shape index (κ1) is 8.01. The number of carbonyl (C=O) groups excluding carboxylic acids is 1. The fourth-order valence-corrected chi connectivity index (χ4v) is 0.391. The normalized spacial score (nSPS) is 11.4. The molecule has 2 N–H and O–H groups in total. The van der Waals surface area contributed by atoms with E-state index in [1.807, 2.05) is 0 Å². The van der Waals surface area contributed by atoms with Crippen molar-refractivity contribution < 1.29 is 9.90 Å². The number of hydrogen-bond donors (Lipinski definition) is 1. The Morgan fingerprint density at radius 1 is 1.67 bits per heavy atom. The van der Waals surface area contributed by atoms with Gasteiger partial charge in [0.25, 0.3) is 0 Å². The summed E-state index contributed by atoms with van der Waals surface area (Å²) in [5.41, 5.74) is 5.89. The van der Waals surface area contributed by atoms with E-state index in [1.54, 1.807) is 13.0 Å². The van der Waals surface area contributed by atoms with Gasteiger partial charge in [-0.25, -0.2) is 0 Å². The van der Waals surface area contributed by atoms with Crippen molar-refractivity contribution in [1.29, 1.82) is 0 Å². The van der Waals surface area contributed by atoms with Gasteiger partial charge >= 0.3 is 0 Å². The molecule has 0 fully saturated rings. The molecule has 0 unspecified atom stereocenters. The SMILES string of the molecule is C/C=C(/N)CCC(=O)[O-]. The van der Waals surface area contributed by atoms with Crippen LogP contribution in [0.1, 0.15) is 19.8 Å². The first-order valence-electron chi connectivity index (χ1n) is 2.77. The molecule has 0 amide bonds. The van der Waals surface area contributed by atoms with Gasteiger partial charge in [-0.1, -0.05) is 6.08 Å². The molecule has 0 spiro atoms. The summed E-state index contributed by atoms with van der Waals surface area (Å²) in [6.45, 7) is 1.77. The van der Waals surface area contributed by atoms with Gasteiger partial charge in [0.15, 0.2) is 0 Å². The predicted octanol–water partition coefficient (Wildman–Crippen LogP) is -0.621. The van der Waals surface area contributed by atoms with Crippen LogP contribution < -0.4 is 10.8 Å². The number of carboxylic acids is 1. The summed E-state index contributed by atoms with van der Waals surface area (Å²) in [5.74, 6) is -1.06. The maximum absolute atomic E-state index is 9.83. The summed E-state index contributed by atoms with van der Waals surface area (Å²) in [6, 6.07) is 0. The summed E-state index contributed by atoms with van der Waals surface area (Å²) < 4.78 is 0. The Bertz CT molecular complexity index is 129. The number of hydrogen-bond acceptors (Lipinski definition) is 3. The summed E-state index contributed by atoms with van der Waals surface area (Å²) >= 11 is 0. The van der Waals surface area contributed by atoms with E-state index >= 15 is 0 Å². The number of aliphatic carboxylic acids is 1. The first-order chi connectivity index (χ1) is 4.16. The zero-order chi connectivity index (χ0) is 7.28. The van der Waals surface area contributed by atoms with Crippen LogP contribution in [0.15, 0.2) is 11.8 Å². The van der Waals surface area contributed by atoms with E-state index in [0.29, 0.717) is 12.1 Å². The lowest BCUT2D eigenvalue weighted by molar-refractivity contribution is -0.305. The Morgan fingerprint density at radius 2 is 2.22 bits per heavy atom. The molecule has 0 atom stereocenters. The van der Waals surface area contributed by atoms with Gasteiger partial charge in [0.2, 0.25) is 0 Å². The highest BCUT2D eigenvalue weighted by Gasteiger charge is 1.88. The van der Waals surface area contributed by atoms with Gasteiger partial charge in [0.05, 0.1) is 0 Å². The molecule has 3 heteroatoms. The molecule has 0 aromatic heterocycles. The van der Waals surface area contributed by atoms with Crippen LogP contribution in [0.3, 0.4) is 0 Å². The molecule has 0 heterocycles. The molecule has 0 saturated heterocycles. The minimum absolute atomic E-state index is 0.0101. The topological polar surface area (TPSA) is 66.2 Å². The van der Waals surface area contributed by atoms with Crippen LogP contribution >= 0.6 is 0 Å². The molecular formula is C6H10NO2-. The van der Waals surface area contributed by atoms with Gasteiger partial charge in [-0.05, 0) is 19.8 Å². The Balaban J connectivity index is 3.39. The number of carbonyl (C=O) groups is 1. The lowest BCUT2D eigenvalue weighted by atomic mass is 10.2. The quantitative estimate of drug-likeness (QED) is 0.550. The van der Waals surface area contributed by atoms with Crippen molar-refractivity contribution in [3.8, 4) is 0 Å². The molecule has 0 aromatic carbocycles. The third-order valence-electron chi connectivity index (χ3n) is 0.989. The molecular weight excluding hydrogens is 118 g/mol. The maximum Gasteiger partial charge on any atom is 0.0418 e. The smallest absolute Gasteiger partial charge is 0.0418 e. The lowest BCUT2D eigenvalue weighted by Crippen LogP contribution is -2.22. The number of nitrogens with two attached hydrogens (primary N) is 1. The molecule has 0 aliphatic heterocycles. The summed E-state index contributed by atoms with van der Waals surface area (Å²) in [4.78, 5) is 9.83. The van der Waals surface area contributed by atoms with Crippen LogP contribution in [0.5, 0.6) is 0 Å². The van der Waals surface area contributed by atoms with E-state index in [0.717, 1.165) is 0 Å². The molecule has 3 nitrogen and oxygen atoms in total. The van der Waals surface area contributed by atoms with E-state index in [1.165, 1.54) is 0 Å². The number of allylic oxidation sites excluding steroid dienone is 2. The van der Waals surface area contributed by atoms with Crippen LogP contribution in [0.4, 0.5) is 0 Å². The van der Waals surface area contributed by atoms with Crippen molar-refractivity contribution in [2.45, 2.75) is 19.8 Å². The molecule has 52 valence electrons. The molecule has 0 radical (unpaired) electrons. The second kappa shape index (κ2) is 3.95.